The molecule has 0 bridgehead atoms. The van der Waals surface area contributed by atoms with Crippen LogP contribution in [0.2, 0.25) is 0 Å². The standard InChI is InChI=1S/C74H144O17P2/c1-9-67(8)53-45-37-29-24-25-31-39-47-55-72(77)85-61-70(91-74(79)57-49-41-33-23-17-15-20-28-36-44-52-66(6)7)63-89-93(82,83)87-59-68(75)58-86-92(80,81)88-62-69(60-84-71(76)54-46-38-30-21-16-14-19-27-35-43-51-65(4)5)90-73(78)56-48-40-32-22-13-11-10-12-18-26-34-42-50-64(2)3/h64-70,75H,9-63H2,1-8H3,(H,80,81)(H,82,83)/t67?,68-,69-,70-/m1/s1. The SMILES string of the molecule is CCC(C)CCCCCCCCCCC(=O)OC[C@H](COP(=O)(O)OC[C@H](O)COP(=O)(O)OC[C@@H](COC(=O)CCCCCCCCCCCCC(C)C)OC(=O)CCCCCCCCCCCCCCC(C)C)OC(=O)CCCCCCCCCCCCC(C)C. The second-order valence-corrected chi connectivity index (χ2v) is 31.3. The second-order valence-electron chi connectivity index (χ2n) is 28.4. The summed E-state index contributed by atoms with van der Waals surface area (Å²) in [6, 6.07) is 0. The number of unbranched alkanes of at least 4 members (excludes halogenated alkanes) is 36. The number of esters is 4. The monoisotopic (exact) mass is 1370 g/mol. The zero-order valence-electron chi connectivity index (χ0n) is 60.9. The van der Waals surface area contributed by atoms with E-state index >= 15 is 0 Å². The second kappa shape index (κ2) is 63.5. The maximum atomic E-state index is 13.1. The third kappa shape index (κ3) is 67.0. The maximum absolute atomic E-state index is 13.1. The average molecular weight is 1370 g/mol. The van der Waals surface area contributed by atoms with E-state index in [1.807, 2.05) is 0 Å². The van der Waals surface area contributed by atoms with Crippen molar-refractivity contribution in [3.8, 4) is 0 Å². The summed E-state index contributed by atoms with van der Waals surface area (Å²) in [6.07, 6.45) is 47.0. The minimum Gasteiger partial charge on any atom is -0.462 e. The van der Waals surface area contributed by atoms with E-state index in [0.29, 0.717) is 25.7 Å². The van der Waals surface area contributed by atoms with E-state index in [1.54, 1.807) is 0 Å². The van der Waals surface area contributed by atoms with Crippen LogP contribution in [0.15, 0.2) is 0 Å². The number of carbonyl (C=O) groups is 4. The molecular weight excluding hydrogens is 1220 g/mol. The van der Waals surface area contributed by atoms with Gasteiger partial charge in [0.15, 0.2) is 12.2 Å². The highest BCUT2D eigenvalue weighted by Gasteiger charge is 2.30. The van der Waals surface area contributed by atoms with Gasteiger partial charge in [0, 0.05) is 25.7 Å². The molecule has 0 aliphatic rings. The zero-order valence-corrected chi connectivity index (χ0v) is 62.7. The Morgan fingerprint density at radius 3 is 0.763 bits per heavy atom. The maximum Gasteiger partial charge on any atom is 0.472 e. The quantitative estimate of drug-likeness (QED) is 0.0222. The number of ether oxygens (including phenoxy) is 4. The average Bonchev–Trinajstić information content (AvgIpc) is 1.96. The van der Waals surface area contributed by atoms with E-state index in [0.717, 1.165) is 114 Å². The summed E-state index contributed by atoms with van der Waals surface area (Å²) in [5, 5.41) is 10.6. The van der Waals surface area contributed by atoms with Gasteiger partial charge in [-0.15, -0.1) is 0 Å². The predicted molar refractivity (Wildman–Crippen MR) is 377 cm³/mol. The van der Waals surface area contributed by atoms with Gasteiger partial charge in [0.25, 0.3) is 0 Å². The van der Waals surface area contributed by atoms with Crippen LogP contribution in [-0.2, 0) is 65.4 Å². The normalized spacial score (nSPS) is 14.5. The van der Waals surface area contributed by atoms with Crippen molar-refractivity contribution < 1.29 is 80.2 Å². The highest BCUT2D eigenvalue weighted by molar-refractivity contribution is 7.47. The first kappa shape index (κ1) is 91.1. The van der Waals surface area contributed by atoms with Gasteiger partial charge in [0.1, 0.15) is 19.3 Å². The molecule has 0 aromatic rings. The number of phosphoric ester groups is 2. The van der Waals surface area contributed by atoms with Gasteiger partial charge in [-0.05, 0) is 49.4 Å². The van der Waals surface area contributed by atoms with Gasteiger partial charge in [0.05, 0.1) is 26.4 Å². The van der Waals surface area contributed by atoms with Gasteiger partial charge >= 0.3 is 39.5 Å². The van der Waals surface area contributed by atoms with E-state index in [9.17, 15) is 43.2 Å². The lowest BCUT2D eigenvalue weighted by molar-refractivity contribution is -0.161. The summed E-state index contributed by atoms with van der Waals surface area (Å²) in [6.45, 7) is 14.2. The van der Waals surface area contributed by atoms with E-state index in [2.05, 4.69) is 55.4 Å². The number of aliphatic hydroxyl groups is 1. The van der Waals surface area contributed by atoms with E-state index in [1.165, 1.54) is 173 Å². The molecule has 17 nitrogen and oxygen atoms in total. The van der Waals surface area contributed by atoms with E-state index < -0.39 is 97.5 Å². The number of carbonyl (C=O) groups excluding carboxylic acids is 4. The first-order valence-corrected chi connectivity index (χ1v) is 41.2. The summed E-state index contributed by atoms with van der Waals surface area (Å²) in [5.41, 5.74) is 0. The van der Waals surface area contributed by atoms with Crippen LogP contribution >= 0.6 is 15.6 Å². The van der Waals surface area contributed by atoms with Crippen LogP contribution < -0.4 is 0 Å². The van der Waals surface area contributed by atoms with Gasteiger partial charge in [-0.3, -0.25) is 37.3 Å². The van der Waals surface area contributed by atoms with Crippen LogP contribution in [0, 0.1) is 23.7 Å². The molecule has 3 unspecified atom stereocenters. The highest BCUT2D eigenvalue weighted by atomic mass is 31.2. The molecule has 552 valence electrons. The highest BCUT2D eigenvalue weighted by Crippen LogP contribution is 2.45. The summed E-state index contributed by atoms with van der Waals surface area (Å²) >= 11 is 0. The smallest absolute Gasteiger partial charge is 0.462 e. The number of rotatable bonds is 71. The molecule has 3 N–H and O–H groups in total. The van der Waals surface area contributed by atoms with Crippen LogP contribution in [0.4, 0.5) is 0 Å². The Bertz CT molecular complexity index is 1840. The fourth-order valence-electron chi connectivity index (χ4n) is 11.2. The first-order valence-electron chi connectivity index (χ1n) is 38.2. The van der Waals surface area contributed by atoms with Crippen molar-refractivity contribution >= 4 is 39.5 Å². The molecule has 0 rings (SSSR count). The molecule has 0 amide bonds. The van der Waals surface area contributed by atoms with Crippen molar-refractivity contribution in [3.63, 3.8) is 0 Å². The van der Waals surface area contributed by atoms with Crippen LogP contribution in [0.1, 0.15) is 370 Å². The number of hydrogen-bond donors (Lipinski definition) is 3. The fraction of sp³-hybridized carbons (Fsp3) is 0.946. The molecule has 0 heterocycles. The minimum absolute atomic E-state index is 0.105. The molecule has 6 atom stereocenters. The predicted octanol–water partition coefficient (Wildman–Crippen LogP) is 21.3. The summed E-state index contributed by atoms with van der Waals surface area (Å²) in [5.74, 6) is 0.942. The van der Waals surface area contributed by atoms with Gasteiger partial charge < -0.3 is 33.8 Å². The van der Waals surface area contributed by atoms with Gasteiger partial charge in [-0.2, -0.15) is 0 Å². The van der Waals surface area contributed by atoms with E-state index in [-0.39, 0.29) is 25.7 Å². The molecule has 0 fully saturated rings. The number of aliphatic hydroxyl groups excluding tert-OH is 1. The van der Waals surface area contributed by atoms with Crippen molar-refractivity contribution in [2.24, 2.45) is 23.7 Å². The minimum atomic E-state index is -4.96. The number of hydrogen-bond acceptors (Lipinski definition) is 15. The summed E-state index contributed by atoms with van der Waals surface area (Å²) in [7, 11) is -9.91. The van der Waals surface area contributed by atoms with Crippen LogP contribution in [0.5, 0.6) is 0 Å². The number of phosphoric acid groups is 2. The molecule has 0 saturated heterocycles. The van der Waals surface area contributed by atoms with Gasteiger partial charge in [-0.1, -0.05) is 319 Å². The molecule has 93 heavy (non-hydrogen) atoms. The lowest BCUT2D eigenvalue weighted by Gasteiger charge is -2.21. The molecule has 19 heteroatoms. The van der Waals surface area contributed by atoms with Crippen LogP contribution in [0.25, 0.3) is 0 Å². The molecule has 0 aromatic heterocycles. The van der Waals surface area contributed by atoms with Crippen molar-refractivity contribution in [2.45, 2.75) is 388 Å². The Morgan fingerprint density at radius 1 is 0.301 bits per heavy atom. The largest absolute Gasteiger partial charge is 0.472 e. The molecule has 0 aliphatic carbocycles. The summed E-state index contributed by atoms with van der Waals surface area (Å²) in [4.78, 5) is 72.8. The fourth-order valence-corrected chi connectivity index (χ4v) is 12.7. The molecule has 0 aliphatic heterocycles. The lowest BCUT2D eigenvalue weighted by atomic mass is 9.99. The van der Waals surface area contributed by atoms with Crippen LogP contribution in [-0.4, -0.2) is 96.7 Å². The summed E-state index contributed by atoms with van der Waals surface area (Å²) < 4.78 is 68.5. The zero-order chi connectivity index (χ0) is 68.9. The topological polar surface area (TPSA) is 237 Å². The van der Waals surface area contributed by atoms with Crippen molar-refractivity contribution in [3.05, 3.63) is 0 Å². The lowest BCUT2D eigenvalue weighted by Crippen LogP contribution is -2.30. The van der Waals surface area contributed by atoms with E-state index in [4.69, 9.17) is 37.0 Å². The molecule has 0 spiro atoms. The Kier molecular flexibility index (Phi) is 62.2. The Balaban J connectivity index is 5.28. The Labute approximate surface area is 568 Å². The van der Waals surface area contributed by atoms with Gasteiger partial charge in [-0.25, -0.2) is 9.13 Å². The Morgan fingerprint density at radius 2 is 0.516 bits per heavy atom. The molecule has 0 aromatic carbocycles. The van der Waals surface area contributed by atoms with Crippen molar-refractivity contribution in [1.29, 1.82) is 0 Å². The molecule has 0 radical (unpaired) electrons. The first-order chi connectivity index (χ1) is 44.6. The van der Waals surface area contributed by atoms with Crippen molar-refractivity contribution in [1.82, 2.24) is 0 Å². The Hall–Kier alpha value is -1.94. The van der Waals surface area contributed by atoms with Crippen LogP contribution in [0.3, 0.4) is 0 Å². The van der Waals surface area contributed by atoms with Gasteiger partial charge in [0.2, 0.25) is 0 Å². The molecular formula is C74H144O17P2. The third-order valence-electron chi connectivity index (χ3n) is 17.4. The third-order valence-corrected chi connectivity index (χ3v) is 19.3. The molecule has 0 saturated carbocycles. The van der Waals surface area contributed by atoms with Crippen molar-refractivity contribution in [2.75, 3.05) is 39.6 Å².